The minimum atomic E-state index is -0.421. The number of nitrogens with two attached hydrogens (primary N) is 1. The molecule has 0 aliphatic rings. The van der Waals surface area contributed by atoms with E-state index in [0.29, 0.717) is 16.8 Å². The van der Waals surface area contributed by atoms with Gasteiger partial charge in [0.05, 0.1) is 0 Å². The molecule has 0 radical (unpaired) electrons. The molecule has 0 fully saturated rings. The van der Waals surface area contributed by atoms with E-state index >= 15 is 0 Å². The highest BCUT2D eigenvalue weighted by Crippen LogP contribution is 2.28. The Balaban J connectivity index is 1.88. The Morgan fingerprint density at radius 2 is 2.00 bits per heavy atom. The average molecular weight is 350 g/mol. The number of fused-ring (bicyclic) bond motifs is 1. The van der Waals surface area contributed by atoms with Crippen molar-refractivity contribution in [3.8, 4) is 5.75 Å². The lowest BCUT2D eigenvalue weighted by Crippen LogP contribution is -2.03. The smallest absolute Gasteiger partial charge is 0.166 e. The molecule has 2 N–H and O–H groups in total. The van der Waals surface area contributed by atoms with Gasteiger partial charge in [-0.05, 0) is 24.3 Å². The quantitative estimate of drug-likeness (QED) is 0.760. The van der Waals surface area contributed by atoms with Crippen molar-refractivity contribution in [3.63, 3.8) is 0 Å². The minimum absolute atomic E-state index is 0.139. The summed E-state index contributed by atoms with van der Waals surface area (Å²) in [7, 11) is 0. The Morgan fingerprint density at radius 1 is 1.19 bits per heavy atom. The van der Waals surface area contributed by atoms with E-state index in [2.05, 4.69) is 15.9 Å². The van der Waals surface area contributed by atoms with E-state index in [-0.39, 0.29) is 12.4 Å². The maximum atomic E-state index is 13.7. The van der Waals surface area contributed by atoms with Crippen LogP contribution in [0.5, 0.6) is 5.75 Å². The Morgan fingerprint density at radius 3 is 2.76 bits per heavy atom. The van der Waals surface area contributed by atoms with E-state index in [1.54, 1.807) is 12.1 Å². The van der Waals surface area contributed by atoms with Gasteiger partial charge >= 0.3 is 0 Å². The first-order chi connectivity index (χ1) is 10.2. The summed E-state index contributed by atoms with van der Waals surface area (Å²) >= 11 is 3.21. The molecule has 3 rings (SSSR count). The highest BCUT2D eigenvalue weighted by atomic mass is 79.9. The zero-order valence-corrected chi connectivity index (χ0v) is 12.7. The second-order valence-electron chi connectivity index (χ2n) is 4.57. The predicted octanol–water partition coefficient (Wildman–Crippen LogP) is 4.37. The van der Waals surface area contributed by atoms with Crippen molar-refractivity contribution in [2.24, 2.45) is 5.73 Å². The summed E-state index contributed by atoms with van der Waals surface area (Å²) in [4.78, 5) is 0. The standard InChI is InChI=1S/C16H13BrFNO2/c17-10-5-6-15(13(18)7-10)20-9-16-12(8-19)11-3-1-2-4-14(11)21-16/h1-7H,8-9,19H2. The van der Waals surface area contributed by atoms with Crippen molar-refractivity contribution < 1.29 is 13.5 Å². The van der Waals surface area contributed by atoms with Crippen LogP contribution in [0.3, 0.4) is 0 Å². The lowest BCUT2D eigenvalue weighted by atomic mass is 10.1. The van der Waals surface area contributed by atoms with Crippen molar-refractivity contribution in [3.05, 3.63) is 64.1 Å². The number of ether oxygens (including phenoxy) is 1. The van der Waals surface area contributed by atoms with E-state index in [0.717, 1.165) is 16.5 Å². The van der Waals surface area contributed by atoms with Gasteiger partial charge in [0.25, 0.3) is 0 Å². The fourth-order valence-electron chi connectivity index (χ4n) is 2.23. The Bertz CT molecular complexity index is 785. The first kappa shape index (κ1) is 14.1. The summed E-state index contributed by atoms with van der Waals surface area (Å²) in [6.45, 7) is 0.484. The van der Waals surface area contributed by atoms with Gasteiger partial charge in [-0.15, -0.1) is 0 Å². The van der Waals surface area contributed by atoms with Crippen LogP contribution in [0.15, 0.2) is 51.4 Å². The van der Waals surface area contributed by atoms with E-state index in [4.69, 9.17) is 14.9 Å². The zero-order chi connectivity index (χ0) is 14.8. The molecule has 21 heavy (non-hydrogen) atoms. The number of hydrogen-bond acceptors (Lipinski definition) is 3. The zero-order valence-electron chi connectivity index (χ0n) is 11.1. The van der Waals surface area contributed by atoms with Crippen molar-refractivity contribution in [1.29, 1.82) is 0 Å². The molecule has 5 heteroatoms. The van der Waals surface area contributed by atoms with E-state index in [1.807, 2.05) is 24.3 Å². The van der Waals surface area contributed by atoms with Gasteiger partial charge in [0.15, 0.2) is 11.6 Å². The highest BCUT2D eigenvalue weighted by Gasteiger charge is 2.14. The maximum absolute atomic E-state index is 13.7. The lowest BCUT2D eigenvalue weighted by Gasteiger charge is -2.07. The van der Waals surface area contributed by atoms with Crippen LogP contribution >= 0.6 is 15.9 Å². The maximum Gasteiger partial charge on any atom is 0.166 e. The van der Waals surface area contributed by atoms with Gasteiger partial charge in [-0.3, -0.25) is 0 Å². The summed E-state index contributed by atoms with van der Waals surface area (Å²) in [6, 6.07) is 12.3. The molecule has 0 unspecified atom stereocenters. The first-order valence-electron chi connectivity index (χ1n) is 6.46. The van der Waals surface area contributed by atoms with Crippen LogP contribution in [0, 0.1) is 5.82 Å². The van der Waals surface area contributed by atoms with Gasteiger partial charge in [-0.2, -0.15) is 0 Å². The second kappa shape index (κ2) is 5.87. The van der Waals surface area contributed by atoms with Gasteiger partial charge in [0.2, 0.25) is 0 Å². The second-order valence-corrected chi connectivity index (χ2v) is 5.48. The summed E-state index contributed by atoms with van der Waals surface area (Å²) < 4.78 is 25.6. The van der Waals surface area contributed by atoms with Crippen molar-refractivity contribution in [2.75, 3.05) is 0 Å². The SMILES string of the molecule is NCc1c(COc2ccc(Br)cc2F)oc2ccccc12. The topological polar surface area (TPSA) is 48.4 Å². The third-order valence-corrected chi connectivity index (χ3v) is 3.73. The van der Waals surface area contributed by atoms with Crippen LogP contribution in [0.4, 0.5) is 4.39 Å². The molecule has 1 aromatic heterocycles. The molecule has 0 aliphatic carbocycles. The minimum Gasteiger partial charge on any atom is -0.483 e. The van der Waals surface area contributed by atoms with Crippen LogP contribution in [-0.4, -0.2) is 0 Å². The molecule has 3 nitrogen and oxygen atoms in total. The normalized spacial score (nSPS) is 11.0. The molecule has 108 valence electrons. The molecule has 3 aromatic rings. The van der Waals surface area contributed by atoms with Crippen LogP contribution < -0.4 is 10.5 Å². The highest BCUT2D eigenvalue weighted by molar-refractivity contribution is 9.10. The molecule has 0 saturated carbocycles. The third kappa shape index (κ3) is 2.80. The summed E-state index contributed by atoms with van der Waals surface area (Å²) in [5.41, 5.74) is 7.43. The Kier molecular flexibility index (Phi) is 3.94. The molecule has 1 heterocycles. The molecule has 0 saturated heterocycles. The largest absolute Gasteiger partial charge is 0.483 e. The average Bonchev–Trinajstić information content (AvgIpc) is 2.83. The fraction of sp³-hybridized carbons (Fsp3) is 0.125. The van der Waals surface area contributed by atoms with Crippen LogP contribution in [0.1, 0.15) is 11.3 Å². The van der Waals surface area contributed by atoms with Gasteiger partial charge in [-0.25, -0.2) is 4.39 Å². The molecule has 0 spiro atoms. The Hall–Kier alpha value is -1.85. The lowest BCUT2D eigenvalue weighted by molar-refractivity contribution is 0.260. The van der Waals surface area contributed by atoms with Crippen LogP contribution in [0.25, 0.3) is 11.0 Å². The van der Waals surface area contributed by atoms with Crippen LogP contribution in [-0.2, 0) is 13.2 Å². The number of benzene rings is 2. The molecule has 0 amide bonds. The number of rotatable bonds is 4. The summed E-state index contributed by atoms with van der Waals surface area (Å²) in [5.74, 6) is 0.387. The third-order valence-electron chi connectivity index (χ3n) is 3.24. The van der Waals surface area contributed by atoms with Gasteiger partial charge in [0, 0.05) is 22.0 Å². The molecule has 2 aromatic carbocycles. The number of halogens is 2. The van der Waals surface area contributed by atoms with Crippen molar-refractivity contribution in [1.82, 2.24) is 0 Å². The van der Waals surface area contributed by atoms with Crippen molar-refractivity contribution >= 4 is 26.9 Å². The number of furan rings is 1. The van der Waals surface area contributed by atoms with E-state index in [1.165, 1.54) is 6.07 Å². The Labute approximate surface area is 129 Å². The molecular weight excluding hydrogens is 337 g/mol. The molecule has 0 aliphatic heterocycles. The van der Waals surface area contributed by atoms with Gasteiger partial charge < -0.3 is 14.9 Å². The first-order valence-corrected chi connectivity index (χ1v) is 7.25. The molecule has 0 bridgehead atoms. The van der Waals surface area contributed by atoms with Crippen molar-refractivity contribution in [2.45, 2.75) is 13.2 Å². The number of para-hydroxylation sites is 1. The van der Waals surface area contributed by atoms with E-state index in [9.17, 15) is 4.39 Å². The fourth-order valence-corrected chi connectivity index (χ4v) is 2.56. The predicted molar refractivity (Wildman–Crippen MR) is 82.5 cm³/mol. The summed E-state index contributed by atoms with van der Waals surface area (Å²) in [6.07, 6.45) is 0. The summed E-state index contributed by atoms with van der Waals surface area (Å²) in [5, 5.41) is 0.967. The molecular formula is C16H13BrFNO2. The number of hydrogen-bond donors (Lipinski definition) is 1. The monoisotopic (exact) mass is 349 g/mol. The van der Waals surface area contributed by atoms with Crippen LogP contribution in [0.2, 0.25) is 0 Å². The van der Waals surface area contributed by atoms with Gasteiger partial charge in [-0.1, -0.05) is 34.1 Å². The van der Waals surface area contributed by atoms with Gasteiger partial charge in [0.1, 0.15) is 18.0 Å². The van der Waals surface area contributed by atoms with E-state index < -0.39 is 5.82 Å². The molecule has 0 atom stereocenters.